The van der Waals surface area contributed by atoms with Crippen LogP contribution in [0.5, 0.6) is 0 Å². The van der Waals surface area contributed by atoms with Crippen LogP contribution in [0.1, 0.15) is 26.2 Å². The molecule has 0 aromatic carbocycles. The Morgan fingerprint density at radius 2 is 2.00 bits per heavy atom. The third-order valence-electron chi connectivity index (χ3n) is 1.06. The minimum atomic E-state index is -2.47. The van der Waals surface area contributed by atoms with Gasteiger partial charge in [0, 0.05) is 12.8 Å². The van der Waals surface area contributed by atoms with E-state index in [9.17, 15) is 8.78 Å². The largest absolute Gasteiger partial charge is 0.247 e. The average molecular weight is 121 g/mol. The molecule has 1 radical (unpaired) electrons. The van der Waals surface area contributed by atoms with Crippen LogP contribution in [0, 0.1) is 6.92 Å². The van der Waals surface area contributed by atoms with Crippen molar-refractivity contribution in [1.29, 1.82) is 0 Å². The number of rotatable bonds is 3. The molecule has 0 amide bonds. The van der Waals surface area contributed by atoms with Crippen molar-refractivity contribution in [3.8, 4) is 0 Å². The van der Waals surface area contributed by atoms with Crippen LogP contribution >= 0.6 is 0 Å². The molecule has 0 spiro atoms. The second-order valence-electron chi connectivity index (χ2n) is 1.81. The van der Waals surface area contributed by atoms with Crippen LogP contribution < -0.4 is 0 Å². The lowest BCUT2D eigenvalue weighted by Gasteiger charge is -2.10. The first-order valence-corrected chi connectivity index (χ1v) is 2.79. The molecule has 49 valence electrons. The first kappa shape index (κ1) is 7.86. The SMILES string of the molecule is [CH2]CCC(F)(F)CC. The van der Waals surface area contributed by atoms with Gasteiger partial charge in [0.1, 0.15) is 0 Å². The molecule has 0 aliphatic heterocycles. The lowest BCUT2D eigenvalue weighted by molar-refractivity contribution is -0.0105. The first-order chi connectivity index (χ1) is 3.62. The fourth-order valence-electron chi connectivity index (χ4n) is 0.435. The Kier molecular flexibility index (Phi) is 2.95. The highest BCUT2D eigenvalue weighted by atomic mass is 19.3. The summed E-state index contributed by atoms with van der Waals surface area (Å²) in [5.41, 5.74) is 0. The number of alkyl halides is 2. The van der Waals surface area contributed by atoms with E-state index in [0.29, 0.717) is 6.42 Å². The van der Waals surface area contributed by atoms with E-state index < -0.39 is 5.92 Å². The van der Waals surface area contributed by atoms with Gasteiger partial charge in [0.25, 0.3) is 0 Å². The van der Waals surface area contributed by atoms with Crippen LogP contribution in [0.15, 0.2) is 0 Å². The van der Waals surface area contributed by atoms with E-state index in [4.69, 9.17) is 0 Å². The maximum Gasteiger partial charge on any atom is 0.247 e. The van der Waals surface area contributed by atoms with Crippen molar-refractivity contribution in [2.45, 2.75) is 32.1 Å². The molecular weight excluding hydrogens is 110 g/mol. The predicted octanol–water partition coefficient (Wildman–Crippen LogP) is 2.65. The Balaban J connectivity index is 3.37. The van der Waals surface area contributed by atoms with E-state index in [-0.39, 0.29) is 12.8 Å². The van der Waals surface area contributed by atoms with Crippen LogP contribution in [-0.2, 0) is 0 Å². The molecular formula is C6H11F2. The molecule has 0 aromatic heterocycles. The van der Waals surface area contributed by atoms with Gasteiger partial charge in [-0.05, 0) is 6.42 Å². The van der Waals surface area contributed by atoms with Crippen molar-refractivity contribution < 1.29 is 8.78 Å². The molecule has 0 saturated carbocycles. The lowest BCUT2D eigenvalue weighted by atomic mass is 10.1. The van der Waals surface area contributed by atoms with Crippen molar-refractivity contribution in [2.75, 3.05) is 0 Å². The summed E-state index contributed by atoms with van der Waals surface area (Å²) in [6.07, 6.45) is 0.173. The minimum absolute atomic E-state index is 0.0669. The van der Waals surface area contributed by atoms with Crippen LogP contribution in [0.25, 0.3) is 0 Å². The summed E-state index contributed by atoms with van der Waals surface area (Å²) in [4.78, 5) is 0. The molecule has 0 bridgehead atoms. The second kappa shape index (κ2) is 3.00. The molecule has 0 unspecified atom stereocenters. The van der Waals surface area contributed by atoms with E-state index in [1.165, 1.54) is 6.92 Å². The van der Waals surface area contributed by atoms with Gasteiger partial charge in [0.05, 0.1) is 0 Å². The Morgan fingerprint density at radius 1 is 1.50 bits per heavy atom. The highest BCUT2D eigenvalue weighted by molar-refractivity contribution is 4.62. The molecule has 0 aromatic rings. The van der Waals surface area contributed by atoms with Gasteiger partial charge in [-0.1, -0.05) is 13.8 Å². The third-order valence-corrected chi connectivity index (χ3v) is 1.06. The molecule has 0 heterocycles. The molecule has 0 aliphatic rings. The highest BCUT2D eigenvalue weighted by Crippen LogP contribution is 2.22. The van der Waals surface area contributed by atoms with Crippen LogP contribution in [-0.4, -0.2) is 5.92 Å². The van der Waals surface area contributed by atoms with Gasteiger partial charge in [0.2, 0.25) is 5.92 Å². The standard InChI is InChI=1S/C6H11F2/c1-3-5-6(7,8)4-2/h1,3-5H2,2H3. The Morgan fingerprint density at radius 3 is 2.12 bits per heavy atom. The highest BCUT2D eigenvalue weighted by Gasteiger charge is 2.23. The van der Waals surface area contributed by atoms with E-state index >= 15 is 0 Å². The van der Waals surface area contributed by atoms with Crippen molar-refractivity contribution >= 4 is 0 Å². The van der Waals surface area contributed by atoms with E-state index in [2.05, 4.69) is 6.92 Å². The van der Waals surface area contributed by atoms with Gasteiger partial charge in [-0.2, -0.15) is 0 Å². The van der Waals surface area contributed by atoms with Gasteiger partial charge < -0.3 is 0 Å². The maximum absolute atomic E-state index is 12.1. The fraction of sp³-hybridized carbons (Fsp3) is 0.833. The minimum Gasteiger partial charge on any atom is -0.207 e. The van der Waals surface area contributed by atoms with Gasteiger partial charge >= 0.3 is 0 Å². The summed E-state index contributed by atoms with van der Waals surface area (Å²) in [6.45, 7) is 4.82. The van der Waals surface area contributed by atoms with Crippen LogP contribution in [0.2, 0.25) is 0 Å². The molecule has 0 saturated heterocycles. The average Bonchev–Trinajstić information content (AvgIpc) is 1.67. The third kappa shape index (κ3) is 2.94. The topological polar surface area (TPSA) is 0 Å². The molecule has 0 N–H and O–H groups in total. The predicted molar refractivity (Wildman–Crippen MR) is 29.8 cm³/mol. The Bertz CT molecular complexity index is 59.5. The van der Waals surface area contributed by atoms with Crippen molar-refractivity contribution in [2.24, 2.45) is 0 Å². The van der Waals surface area contributed by atoms with Crippen molar-refractivity contribution in [1.82, 2.24) is 0 Å². The van der Waals surface area contributed by atoms with E-state index in [1.54, 1.807) is 0 Å². The summed E-state index contributed by atoms with van der Waals surface area (Å²) in [5, 5.41) is 0. The number of hydrogen-bond acceptors (Lipinski definition) is 0. The van der Waals surface area contributed by atoms with E-state index in [1.807, 2.05) is 0 Å². The molecule has 0 nitrogen and oxygen atoms in total. The fourth-order valence-corrected chi connectivity index (χ4v) is 0.435. The molecule has 2 heteroatoms. The summed E-state index contributed by atoms with van der Waals surface area (Å²) < 4.78 is 24.2. The Labute approximate surface area is 48.9 Å². The van der Waals surface area contributed by atoms with Crippen LogP contribution in [0.3, 0.4) is 0 Å². The van der Waals surface area contributed by atoms with Gasteiger partial charge in [-0.15, -0.1) is 0 Å². The number of halogens is 2. The van der Waals surface area contributed by atoms with Gasteiger partial charge in [0.15, 0.2) is 0 Å². The maximum atomic E-state index is 12.1. The molecule has 0 rings (SSSR count). The summed E-state index contributed by atoms with van der Waals surface area (Å²) >= 11 is 0. The molecule has 0 fully saturated rings. The van der Waals surface area contributed by atoms with Gasteiger partial charge in [-0.3, -0.25) is 0 Å². The Hall–Kier alpha value is -0.140. The molecule has 8 heavy (non-hydrogen) atoms. The van der Waals surface area contributed by atoms with E-state index in [0.717, 1.165) is 0 Å². The quantitative estimate of drug-likeness (QED) is 0.538. The zero-order valence-corrected chi connectivity index (χ0v) is 5.08. The zero-order valence-electron chi connectivity index (χ0n) is 5.08. The first-order valence-electron chi connectivity index (χ1n) is 2.79. The summed E-state index contributed by atoms with van der Waals surface area (Å²) in [7, 11) is 0. The summed E-state index contributed by atoms with van der Waals surface area (Å²) in [5.74, 6) is -2.47. The van der Waals surface area contributed by atoms with Crippen LogP contribution in [0.4, 0.5) is 8.78 Å². The molecule has 0 aliphatic carbocycles. The zero-order chi connectivity index (χ0) is 6.62. The lowest BCUT2D eigenvalue weighted by Crippen LogP contribution is -2.12. The monoisotopic (exact) mass is 121 g/mol. The second-order valence-corrected chi connectivity index (χ2v) is 1.81. The smallest absolute Gasteiger partial charge is 0.207 e. The van der Waals surface area contributed by atoms with Crippen molar-refractivity contribution in [3.63, 3.8) is 0 Å². The number of hydrogen-bond donors (Lipinski definition) is 0. The van der Waals surface area contributed by atoms with Gasteiger partial charge in [-0.25, -0.2) is 8.78 Å². The normalized spacial score (nSPS) is 12.0. The summed E-state index contributed by atoms with van der Waals surface area (Å²) in [6, 6.07) is 0. The van der Waals surface area contributed by atoms with Crippen molar-refractivity contribution in [3.05, 3.63) is 6.92 Å². The molecule has 0 atom stereocenters.